The van der Waals surface area contributed by atoms with Crippen LogP contribution in [0.3, 0.4) is 0 Å². The molecule has 1 atom stereocenters. The minimum Gasteiger partial charge on any atom is -0.381 e. The van der Waals surface area contributed by atoms with E-state index in [4.69, 9.17) is 0 Å². The molecule has 0 amide bonds. The van der Waals surface area contributed by atoms with E-state index in [9.17, 15) is 0 Å². The summed E-state index contributed by atoms with van der Waals surface area (Å²) in [6, 6.07) is 2.66. The predicted octanol–water partition coefficient (Wildman–Crippen LogP) is 3.83. The van der Waals surface area contributed by atoms with Crippen LogP contribution in [-0.2, 0) is 0 Å². The Kier molecular flexibility index (Phi) is 3.62. The van der Waals surface area contributed by atoms with Crippen molar-refractivity contribution in [2.75, 3.05) is 5.32 Å². The minimum atomic E-state index is 0.623. The van der Waals surface area contributed by atoms with E-state index in [-0.39, 0.29) is 0 Å². The zero-order valence-corrected chi connectivity index (χ0v) is 10.6. The Morgan fingerprint density at radius 2 is 2.40 bits per heavy atom. The second kappa shape index (κ2) is 4.97. The average molecular weight is 269 g/mol. The summed E-state index contributed by atoms with van der Waals surface area (Å²) in [5.41, 5.74) is 1.17. The highest BCUT2D eigenvalue weighted by atomic mass is 79.9. The van der Waals surface area contributed by atoms with Gasteiger partial charge in [0.2, 0.25) is 0 Å². The first-order chi connectivity index (χ1) is 7.31. The molecule has 1 saturated carbocycles. The number of anilines is 1. The largest absolute Gasteiger partial charge is 0.381 e. The van der Waals surface area contributed by atoms with Crippen LogP contribution in [-0.4, -0.2) is 11.0 Å². The molecule has 1 aliphatic carbocycles. The lowest BCUT2D eigenvalue weighted by molar-refractivity contribution is 0.270. The molecular weight excluding hydrogens is 252 g/mol. The van der Waals surface area contributed by atoms with Gasteiger partial charge >= 0.3 is 0 Å². The Balaban J connectivity index is 2.02. The second-order valence-electron chi connectivity index (χ2n) is 4.21. The zero-order valence-electron chi connectivity index (χ0n) is 9.04. The molecule has 2 rings (SSSR count). The van der Waals surface area contributed by atoms with Gasteiger partial charge in [-0.3, -0.25) is 4.98 Å². The van der Waals surface area contributed by atoms with Crippen molar-refractivity contribution in [2.45, 2.75) is 38.6 Å². The number of nitrogens with one attached hydrogen (secondary N) is 1. The first-order valence-corrected chi connectivity index (χ1v) is 6.46. The molecule has 1 aromatic heterocycles. The van der Waals surface area contributed by atoms with Crippen molar-refractivity contribution in [1.29, 1.82) is 0 Å². The third kappa shape index (κ3) is 2.51. The van der Waals surface area contributed by atoms with Gasteiger partial charge in [-0.15, -0.1) is 0 Å². The zero-order chi connectivity index (χ0) is 10.7. The molecule has 0 aromatic carbocycles. The van der Waals surface area contributed by atoms with Gasteiger partial charge in [0.25, 0.3) is 0 Å². The molecule has 0 aliphatic heterocycles. The maximum atomic E-state index is 4.07. The lowest BCUT2D eigenvalue weighted by Crippen LogP contribution is -2.33. The molecule has 0 radical (unpaired) electrons. The molecule has 1 fully saturated rings. The maximum Gasteiger partial charge on any atom is 0.0590 e. The lowest BCUT2D eigenvalue weighted by atomic mass is 9.79. The number of hydrogen-bond donors (Lipinski definition) is 1. The van der Waals surface area contributed by atoms with Gasteiger partial charge in [0, 0.05) is 18.4 Å². The minimum absolute atomic E-state index is 0.623. The molecular formula is C12H17BrN2. The van der Waals surface area contributed by atoms with Gasteiger partial charge in [-0.25, -0.2) is 0 Å². The average Bonchev–Trinajstić information content (AvgIpc) is 2.17. The van der Waals surface area contributed by atoms with Crippen LogP contribution in [0.2, 0.25) is 0 Å². The third-order valence-corrected chi connectivity index (χ3v) is 3.90. The Morgan fingerprint density at radius 1 is 1.60 bits per heavy atom. The van der Waals surface area contributed by atoms with E-state index in [1.807, 2.05) is 18.5 Å². The number of halogens is 1. The lowest BCUT2D eigenvalue weighted by Gasteiger charge is -2.34. The van der Waals surface area contributed by atoms with Crippen LogP contribution in [0.4, 0.5) is 5.69 Å². The van der Waals surface area contributed by atoms with E-state index in [0.717, 1.165) is 10.4 Å². The van der Waals surface area contributed by atoms with Crippen molar-refractivity contribution >= 4 is 21.6 Å². The second-order valence-corrected chi connectivity index (χ2v) is 5.06. The van der Waals surface area contributed by atoms with E-state index >= 15 is 0 Å². The summed E-state index contributed by atoms with van der Waals surface area (Å²) in [5.74, 6) is 0.870. The summed E-state index contributed by atoms with van der Waals surface area (Å²) >= 11 is 3.52. The van der Waals surface area contributed by atoms with E-state index in [0.29, 0.717) is 6.04 Å². The van der Waals surface area contributed by atoms with Crippen molar-refractivity contribution < 1.29 is 0 Å². The summed E-state index contributed by atoms with van der Waals surface area (Å²) in [5, 5.41) is 3.61. The van der Waals surface area contributed by atoms with Crippen molar-refractivity contribution in [3.05, 3.63) is 22.9 Å². The SMILES string of the molecule is CCC(Nc1ccncc1Br)C1CCC1. The number of rotatable bonds is 4. The summed E-state index contributed by atoms with van der Waals surface area (Å²) in [6.07, 6.45) is 9.04. The van der Waals surface area contributed by atoms with Gasteiger partial charge in [-0.1, -0.05) is 13.3 Å². The highest BCUT2D eigenvalue weighted by molar-refractivity contribution is 9.10. The quantitative estimate of drug-likeness (QED) is 0.898. The van der Waals surface area contributed by atoms with Crippen LogP contribution in [0.15, 0.2) is 22.9 Å². The molecule has 1 N–H and O–H groups in total. The fourth-order valence-electron chi connectivity index (χ4n) is 2.09. The summed E-state index contributed by atoms with van der Waals surface area (Å²) < 4.78 is 1.06. The highest BCUT2D eigenvalue weighted by Gasteiger charge is 2.25. The summed E-state index contributed by atoms with van der Waals surface area (Å²) in [6.45, 7) is 2.26. The first-order valence-electron chi connectivity index (χ1n) is 5.67. The van der Waals surface area contributed by atoms with E-state index in [1.54, 1.807) is 0 Å². The van der Waals surface area contributed by atoms with Crippen LogP contribution in [0.1, 0.15) is 32.6 Å². The summed E-state index contributed by atoms with van der Waals surface area (Å²) in [7, 11) is 0. The Labute approximate surface area is 99.6 Å². The molecule has 1 aliphatic rings. The van der Waals surface area contributed by atoms with Crippen molar-refractivity contribution in [2.24, 2.45) is 5.92 Å². The van der Waals surface area contributed by atoms with Crippen LogP contribution < -0.4 is 5.32 Å². The molecule has 1 heterocycles. The van der Waals surface area contributed by atoms with Gasteiger partial charge in [-0.05, 0) is 47.2 Å². The smallest absolute Gasteiger partial charge is 0.0590 e. The summed E-state index contributed by atoms with van der Waals surface area (Å²) in [4.78, 5) is 4.07. The van der Waals surface area contributed by atoms with Crippen LogP contribution in [0.25, 0.3) is 0 Å². The topological polar surface area (TPSA) is 24.9 Å². The number of nitrogens with zero attached hydrogens (tertiary/aromatic N) is 1. The van der Waals surface area contributed by atoms with Crippen LogP contribution in [0, 0.1) is 5.92 Å². The molecule has 1 unspecified atom stereocenters. The van der Waals surface area contributed by atoms with Crippen molar-refractivity contribution in [3.8, 4) is 0 Å². The van der Waals surface area contributed by atoms with Gasteiger partial charge < -0.3 is 5.32 Å². The number of hydrogen-bond acceptors (Lipinski definition) is 2. The predicted molar refractivity (Wildman–Crippen MR) is 67.0 cm³/mol. The molecule has 0 bridgehead atoms. The molecule has 15 heavy (non-hydrogen) atoms. The molecule has 1 aromatic rings. The third-order valence-electron chi connectivity index (χ3n) is 3.27. The normalized spacial score (nSPS) is 18.3. The Morgan fingerprint density at radius 3 is 2.93 bits per heavy atom. The van der Waals surface area contributed by atoms with Crippen molar-refractivity contribution in [3.63, 3.8) is 0 Å². The first kappa shape index (κ1) is 10.9. The number of pyridine rings is 1. The maximum absolute atomic E-state index is 4.07. The van der Waals surface area contributed by atoms with E-state index in [2.05, 4.69) is 33.2 Å². The van der Waals surface area contributed by atoms with Crippen LogP contribution in [0.5, 0.6) is 0 Å². The van der Waals surface area contributed by atoms with E-state index in [1.165, 1.54) is 31.4 Å². The number of aromatic nitrogens is 1. The van der Waals surface area contributed by atoms with E-state index < -0.39 is 0 Å². The molecule has 2 nitrogen and oxygen atoms in total. The fourth-order valence-corrected chi connectivity index (χ4v) is 2.45. The molecule has 3 heteroatoms. The van der Waals surface area contributed by atoms with Gasteiger partial charge in [-0.2, -0.15) is 0 Å². The highest BCUT2D eigenvalue weighted by Crippen LogP contribution is 2.33. The monoisotopic (exact) mass is 268 g/mol. The fraction of sp³-hybridized carbons (Fsp3) is 0.583. The van der Waals surface area contributed by atoms with Crippen LogP contribution >= 0.6 is 15.9 Å². The molecule has 0 spiro atoms. The van der Waals surface area contributed by atoms with Crippen molar-refractivity contribution in [1.82, 2.24) is 4.98 Å². The van der Waals surface area contributed by atoms with Gasteiger partial charge in [0.1, 0.15) is 0 Å². The van der Waals surface area contributed by atoms with Gasteiger partial charge in [0.05, 0.1) is 10.2 Å². The Hall–Kier alpha value is -0.570. The standard InChI is InChI=1S/C12H17BrN2/c1-2-11(9-4-3-5-9)15-12-6-7-14-8-10(12)13/h6-9,11H,2-5H2,1H3,(H,14,15). The molecule has 0 saturated heterocycles. The van der Waals surface area contributed by atoms with Gasteiger partial charge in [0.15, 0.2) is 0 Å². The Bertz CT molecular complexity index is 323. The molecule has 82 valence electrons.